The fourth-order valence-electron chi connectivity index (χ4n) is 2.54. The highest BCUT2D eigenvalue weighted by Gasteiger charge is 2.33. The van der Waals surface area contributed by atoms with Gasteiger partial charge in [0.1, 0.15) is 5.75 Å². The molecule has 0 unspecified atom stereocenters. The number of carbonyl (C=O) groups is 1. The summed E-state index contributed by atoms with van der Waals surface area (Å²) >= 11 is 0.846. The van der Waals surface area contributed by atoms with Gasteiger partial charge in [-0.05, 0) is 36.4 Å². The number of ether oxygens (including phenoxy) is 1. The number of ketones is 1. The highest BCUT2D eigenvalue weighted by molar-refractivity contribution is 7.99. The van der Waals surface area contributed by atoms with Gasteiger partial charge in [-0.2, -0.15) is 13.2 Å². The van der Waals surface area contributed by atoms with Crippen LogP contribution in [0.25, 0.3) is 10.9 Å². The summed E-state index contributed by atoms with van der Waals surface area (Å²) in [5, 5.41) is 18.7. The molecule has 0 aliphatic rings. The number of pyridine rings is 1. The summed E-state index contributed by atoms with van der Waals surface area (Å²) in [5.74, 6) is -1.08. The zero-order chi connectivity index (χ0) is 20.5. The Morgan fingerprint density at radius 1 is 1.11 bits per heavy atom. The van der Waals surface area contributed by atoms with E-state index in [2.05, 4.69) is 4.98 Å². The minimum atomic E-state index is -4.59. The minimum absolute atomic E-state index is 0.0319. The molecule has 0 atom stereocenters. The molecule has 0 radical (unpaired) electrons. The monoisotopic (exact) mass is 409 g/mol. The number of fused-ring (bicyclic) bond motifs is 1. The Labute approximate surface area is 161 Å². The van der Waals surface area contributed by atoms with Gasteiger partial charge in [-0.3, -0.25) is 4.79 Å². The number of benzene rings is 2. The fourth-order valence-corrected chi connectivity index (χ4v) is 3.35. The molecule has 0 aliphatic heterocycles. The second-order valence-electron chi connectivity index (χ2n) is 5.80. The average Bonchev–Trinajstić information content (AvgIpc) is 2.66. The topological polar surface area (TPSA) is 79.7 Å². The first kappa shape index (κ1) is 19.8. The quantitative estimate of drug-likeness (QED) is 0.363. The van der Waals surface area contributed by atoms with E-state index in [4.69, 9.17) is 4.74 Å². The first-order valence-corrected chi connectivity index (χ1v) is 8.91. The smallest absolute Gasteiger partial charge is 0.417 e. The number of thioether (sulfide) groups is 1. The third-order valence-electron chi connectivity index (χ3n) is 3.95. The van der Waals surface area contributed by atoms with Gasteiger partial charge in [-0.1, -0.05) is 11.8 Å². The molecule has 2 aromatic carbocycles. The molecule has 0 spiro atoms. The highest BCUT2D eigenvalue weighted by atomic mass is 32.2. The van der Waals surface area contributed by atoms with Crippen LogP contribution in [0.4, 0.5) is 13.2 Å². The van der Waals surface area contributed by atoms with Crippen molar-refractivity contribution in [1.82, 2.24) is 4.98 Å². The highest BCUT2D eigenvalue weighted by Crippen LogP contribution is 2.37. The summed E-state index contributed by atoms with van der Waals surface area (Å²) in [7, 11) is 1.40. The van der Waals surface area contributed by atoms with Gasteiger partial charge in [-0.15, -0.1) is 0 Å². The molecule has 1 heterocycles. The molecule has 28 heavy (non-hydrogen) atoms. The van der Waals surface area contributed by atoms with Crippen molar-refractivity contribution < 1.29 is 32.9 Å². The zero-order valence-electron chi connectivity index (χ0n) is 14.4. The molecule has 0 bridgehead atoms. The Morgan fingerprint density at radius 2 is 1.86 bits per heavy atom. The third-order valence-corrected chi connectivity index (χ3v) is 4.86. The minimum Gasteiger partial charge on any atom is -0.504 e. The number of alkyl halides is 3. The lowest BCUT2D eigenvalue weighted by Gasteiger charge is -2.13. The lowest BCUT2D eigenvalue weighted by Crippen LogP contribution is -2.08. The van der Waals surface area contributed by atoms with E-state index in [1.54, 1.807) is 0 Å². The van der Waals surface area contributed by atoms with Gasteiger partial charge in [0.05, 0.1) is 29.0 Å². The summed E-state index contributed by atoms with van der Waals surface area (Å²) in [4.78, 5) is 16.4. The number of rotatable bonds is 5. The number of phenolic OH excluding ortho intramolecular Hbond substituents is 2. The van der Waals surface area contributed by atoms with Crippen LogP contribution in [0, 0.1) is 0 Å². The van der Waals surface area contributed by atoms with E-state index in [1.165, 1.54) is 31.4 Å². The molecule has 0 aliphatic carbocycles. The van der Waals surface area contributed by atoms with Crippen LogP contribution in [0.5, 0.6) is 17.2 Å². The van der Waals surface area contributed by atoms with Crippen LogP contribution in [-0.2, 0) is 6.18 Å². The van der Waals surface area contributed by atoms with Crippen molar-refractivity contribution in [2.24, 2.45) is 0 Å². The number of hydrogen-bond donors (Lipinski definition) is 2. The van der Waals surface area contributed by atoms with Crippen molar-refractivity contribution in [2.75, 3.05) is 12.9 Å². The van der Waals surface area contributed by atoms with E-state index >= 15 is 0 Å². The van der Waals surface area contributed by atoms with Gasteiger partial charge < -0.3 is 14.9 Å². The number of Topliss-reactive ketones (excluding diaryl/α,β-unsaturated/α-hetero) is 1. The number of hydrogen-bond acceptors (Lipinski definition) is 6. The van der Waals surface area contributed by atoms with Crippen molar-refractivity contribution in [2.45, 2.75) is 11.2 Å². The van der Waals surface area contributed by atoms with E-state index in [0.29, 0.717) is 5.75 Å². The molecule has 0 amide bonds. The van der Waals surface area contributed by atoms with Crippen LogP contribution in [0.1, 0.15) is 15.9 Å². The van der Waals surface area contributed by atoms with E-state index in [0.717, 1.165) is 30.0 Å². The van der Waals surface area contributed by atoms with Crippen LogP contribution < -0.4 is 4.74 Å². The summed E-state index contributed by atoms with van der Waals surface area (Å²) < 4.78 is 45.4. The Bertz CT molecular complexity index is 1050. The predicted molar refractivity (Wildman–Crippen MR) is 98.1 cm³/mol. The van der Waals surface area contributed by atoms with Crippen molar-refractivity contribution >= 4 is 28.4 Å². The van der Waals surface area contributed by atoms with E-state index in [-0.39, 0.29) is 33.0 Å². The molecule has 3 aromatic rings. The van der Waals surface area contributed by atoms with Gasteiger partial charge in [-0.25, -0.2) is 4.98 Å². The Kier molecular flexibility index (Phi) is 5.37. The summed E-state index contributed by atoms with van der Waals surface area (Å²) in [6, 6.07) is 8.59. The summed E-state index contributed by atoms with van der Waals surface area (Å²) in [6.07, 6.45) is -4.59. The number of aromatic hydroxyl groups is 2. The van der Waals surface area contributed by atoms with Crippen LogP contribution >= 0.6 is 11.8 Å². The standard InChI is InChI=1S/C19H14F3NO4S/c1-27-11-3-4-12-13(19(20,21)22)8-18(23-14(12)7-11)28-9-17(26)10-2-5-15(24)16(25)6-10/h2-8,24-25H,9H2,1H3. The molecule has 3 rings (SSSR count). The lowest BCUT2D eigenvalue weighted by atomic mass is 10.1. The predicted octanol–water partition coefficient (Wildman–Crippen LogP) is 4.65. The summed E-state index contributed by atoms with van der Waals surface area (Å²) in [5.41, 5.74) is -0.620. The maximum atomic E-state index is 13.4. The molecule has 2 N–H and O–H groups in total. The Hall–Kier alpha value is -2.94. The molecular weight excluding hydrogens is 395 g/mol. The van der Waals surface area contributed by atoms with Crippen molar-refractivity contribution in [1.29, 1.82) is 0 Å². The first-order valence-electron chi connectivity index (χ1n) is 7.93. The van der Waals surface area contributed by atoms with Crippen molar-refractivity contribution in [3.8, 4) is 17.2 Å². The van der Waals surface area contributed by atoms with Gasteiger partial charge >= 0.3 is 6.18 Å². The number of aromatic nitrogens is 1. The fraction of sp³-hybridized carbons (Fsp3) is 0.158. The van der Waals surface area contributed by atoms with E-state index in [9.17, 15) is 28.2 Å². The number of methoxy groups -OCH3 is 1. The average molecular weight is 409 g/mol. The van der Waals surface area contributed by atoms with Crippen LogP contribution in [0.2, 0.25) is 0 Å². The van der Waals surface area contributed by atoms with E-state index < -0.39 is 23.3 Å². The SMILES string of the molecule is COc1ccc2c(C(F)(F)F)cc(SCC(=O)c3ccc(O)c(O)c3)nc2c1. The van der Waals surface area contributed by atoms with Crippen LogP contribution in [0.3, 0.4) is 0 Å². The normalized spacial score (nSPS) is 11.6. The molecule has 1 aromatic heterocycles. The molecule has 9 heteroatoms. The number of nitrogens with zero attached hydrogens (tertiary/aromatic N) is 1. The number of phenols is 2. The second-order valence-corrected chi connectivity index (χ2v) is 6.80. The largest absolute Gasteiger partial charge is 0.504 e. The maximum absolute atomic E-state index is 13.4. The van der Waals surface area contributed by atoms with Gasteiger partial charge in [0.15, 0.2) is 17.3 Å². The first-order chi connectivity index (χ1) is 13.2. The zero-order valence-corrected chi connectivity index (χ0v) is 15.3. The van der Waals surface area contributed by atoms with Gasteiger partial charge in [0.2, 0.25) is 0 Å². The molecule has 146 valence electrons. The number of halogens is 3. The van der Waals surface area contributed by atoms with Crippen molar-refractivity contribution in [3.05, 3.63) is 53.6 Å². The molecule has 0 saturated heterocycles. The third kappa shape index (κ3) is 4.14. The molecule has 0 saturated carbocycles. The van der Waals surface area contributed by atoms with Gasteiger partial charge in [0.25, 0.3) is 0 Å². The van der Waals surface area contributed by atoms with Crippen molar-refractivity contribution in [3.63, 3.8) is 0 Å². The number of carbonyl (C=O) groups excluding carboxylic acids is 1. The summed E-state index contributed by atoms with van der Waals surface area (Å²) in [6.45, 7) is 0. The molecular formula is C19H14F3NO4S. The van der Waals surface area contributed by atoms with Crippen LogP contribution in [0.15, 0.2) is 47.5 Å². The lowest BCUT2D eigenvalue weighted by molar-refractivity contribution is -0.136. The Balaban J connectivity index is 1.91. The Morgan fingerprint density at radius 3 is 2.50 bits per heavy atom. The maximum Gasteiger partial charge on any atom is 0.417 e. The molecule has 0 fully saturated rings. The second kappa shape index (κ2) is 7.59. The van der Waals surface area contributed by atoms with Gasteiger partial charge in [0, 0.05) is 17.0 Å². The molecule has 5 nitrogen and oxygen atoms in total. The van der Waals surface area contributed by atoms with E-state index in [1.807, 2.05) is 0 Å². The van der Waals surface area contributed by atoms with Crippen LogP contribution in [-0.4, -0.2) is 33.8 Å².